The van der Waals surface area contributed by atoms with Crippen molar-refractivity contribution in [2.75, 3.05) is 51.7 Å². The maximum atomic E-state index is 2.34. The third kappa shape index (κ3) is 5.45. The van der Waals surface area contributed by atoms with Gasteiger partial charge in [-0.2, -0.15) is 0 Å². The fourth-order valence-corrected chi connectivity index (χ4v) is 3.47. The summed E-state index contributed by atoms with van der Waals surface area (Å²) in [4.78, 5) is 5.56. The number of nitrogens with one attached hydrogen (secondary N) is 2. The van der Waals surface area contributed by atoms with Crippen molar-refractivity contribution in [3.05, 3.63) is 71.8 Å². The van der Waals surface area contributed by atoms with Crippen LogP contribution in [-0.4, -0.2) is 46.8 Å². The van der Waals surface area contributed by atoms with Crippen molar-refractivity contribution in [2.24, 2.45) is 0 Å². The van der Waals surface area contributed by atoms with Crippen molar-refractivity contribution in [2.45, 2.75) is 6.54 Å². The van der Waals surface area contributed by atoms with Crippen molar-refractivity contribution in [3.8, 4) is 0 Å². The van der Waals surface area contributed by atoms with E-state index >= 15 is 0 Å². The van der Waals surface area contributed by atoms with Crippen LogP contribution in [0.5, 0.6) is 0 Å². The molecule has 0 aliphatic carbocycles. The molecule has 1 fully saturated rings. The Bertz CT molecular complexity index is 653. The molecule has 0 aromatic heterocycles. The van der Waals surface area contributed by atoms with Gasteiger partial charge in [-0.1, -0.05) is 48.5 Å². The molecule has 25 heavy (non-hydrogen) atoms. The van der Waals surface area contributed by atoms with E-state index in [1.165, 1.54) is 49.5 Å². The van der Waals surface area contributed by atoms with E-state index < -0.39 is 0 Å². The predicted octanol–water partition coefficient (Wildman–Crippen LogP) is 0.749. The molecule has 3 heteroatoms. The van der Waals surface area contributed by atoms with Crippen LogP contribution >= 0.6 is 0 Å². The number of benzene rings is 2. The molecule has 2 N–H and O–H groups in total. The minimum absolute atomic E-state index is 1.13. The molecule has 0 unspecified atom stereocenters. The van der Waals surface area contributed by atoms with E-state index in [1.54, 1.807) is 9.80 Å². The molecule has 2 aromatic rings. The zero-order valence-electron chi connectivity index (χ0n) is 15.5. The molecule has 132 valence electrons. The van der Waals surface area contributed by atoms with Crippen LogP contribution in [0.15, 0.2) is 60.7 Å². The Labute approximate surface area is 152 Å². The summed E-state index contributed by atoms with van der Waals surface area (Å²) in [6.45, 7) is 7.39. The minimum atomic E-state index is 1.13. The van der Waals surface area contributed by atoms with E-state index in [2.05, 4.69) is 85.7 Å². The van der Waals surface area contributed by atoms with Crippen LogP contribution in [0.1, 0.15) is 11.1 Å². The first-order chi connectivity index (χ1) is 12.2. The number of anilines is 1. The number of hydrogen-bond donors (Lipinski definition) is 2. The number of rotatable bonds is 6. The topological polar surface area (TPSA) is 12.1 Å². The number of quaternary nitrogens is 2. The molecule has 1 heterocycles. The molecule has 0 amide bonds. The van der Waals surface area contributed by atoms with Gasteiger partial charge in [0.05, 0.1) is 6.54 Å². The molecular formula is C22H31N3+2. The van der Waals surface area contributed by atoms with Gasteiger partial charge in [0.15, 0.2) is 0 Å². The van der Waals surface area contributed by atoms with Gasteiger partial charge in [0.25, 0.3) is 0 Å². The van der Waals surface area contributed by atoms with E-state index in [0.717, 1.165) is 6.54 Å². The van der Waals surface area contributed by atoms with E-state index in [0.29, 0.717) is 0 Å². The van der Waals surface area contributed by atoms with Crippen LogP contribution < -0.4 is 14.7 Å². The maximum absolute atomic E-state index is 2.34. The summed E-state index contributed by atoms with van der Waals surface area (Å²) in [7, 11) is 4.15. The van der Waals surface area contributed by atoms with Gasteiger partial charge in [-0.3, -0.25) is 0 Å². The van der Waals surface area contributed by atoms with Crippen LogP contribution in [-0.2, 0) is 6.54 Å². The number of piperazine rings is 1. The maximum Gasteiger partial charge on any atom is 0.127 e. The molecule has 0 spiro atoms. The lowest BCUT2D eigenvalue weighted by Crippen LogP contribution is -3.27. The van der Waals surface area contributed by atoms with Gasteiger partial charge < -0.3 is 14.7 Å². The Kier molecular flexibility index (Phi) is 6.26. The standard InChI is InChI=1S/C22H29N3/c1-23(2)22-12-10-20(11-13-22)9-6-14-24-15-17-25(18-16-24)19-21-7-4-3-5-8-21/h3-13H,14-19H2,1-2H3/p+2/b9-6+. The molecule has 0 radical (unpaired) electrons. The summed E-state index contributed by atoms with van der Waals surface area (Å²) >= 11 is 0. The largest absolute Gasteiger partial charge is 0.378 e. The highest BCUT2D eigenvalue weighted by Gasteiger charge is 2.21. The van der Waals surface area contributed by atoms with Crippen molar-refractivity contribution in [3.63, 3.8) is 0 Å². The first-order valence-electron chi connectivity index (χ1n) is 9.36. The summed E-state index contributed by atoms with van der Waals surface area (Å²) in [5.74, 6) is 0. The first kappa shape index (κ1) is 17.7. The summed E-state index contributed by atoms with van der Waals surface area (Å²) < 4.78 is 0. The average Bonchev–Trinajstić information content (AvgIpc) is 2.64. The van der Waals surface area contributed by atoms with E-state index in [4.69, 9.17) is 0 Å². The Hall–Kier alpha value is -2.10. The third-order valence-corrected chi connectivity index (χ3v) is 5.09. The quantitative estimate of drug-likeness (QED) is 0.793. The Morgan fingerprint density at radius 1 is 0.840 bits per heavy atom. The molecule has 2 aromatic carbocycles. The number of nitrogens with zero attached hydrogens (tertiary/aromatic N) is 1. The fraction of sp³-hybridized carbons (Fsp3) is 0.364. The Morgan fingerprint density at radius 3 is 2.12 bits per heavy atom. The van der Waals surface area contributed by atoms with Gasteiger partial charge in [-0.15, -0.1) is 0 Å². The molecule has 1 saturated heterocycles. The smallest absolute Gasteiger partial charge is 0.127 e. The highest BCUT2D eigenvalue weighted by atomic mass is 15.3. The van der Waals surface area contributed by atoms with E-state index in [-0.39, 0.29) is 0 Å². The molecule has 1 aliphatic rings. The van der Waals surface area contributed by atoms with E-state index in [9.17, 15) is 0 Å². The normalized spacial score (nSPS) is 20.7. The Morgan fingerprint density at radius 2 is 1.48 bits per heavy atom. The van der Waals surface area contributed by atoms with Gasteiger partial charge in [-0.25, -0.2) is 0 Å². The fourth-order valence-electron chi connectivity index (χ4n) is 3.47. The zero-order valence-corrected chi connectivity index (χ0v) is 15.5. The van der Waals surface area contributed by atoms with Crippen LogP contribution in [0.4, 0.5) is 5.69 Å². The predicted molar refractivity (Wildman–Crippen MR) is 106 cm³/mol. The molecule has 0 atom stereocenters. The molecule has 1 aliphatic heterocycles. The van der Waals surface area contributed by atoms with Crippen LogP contribution in [0.2, 0.25) is 0 Å². The van der Waals surface area contributed by atoms with Crippen molar-refractivity contribution < 1.29 is 9.80 Å². The van der Waals surface area contributed by atoms with Crippen molar-refractivity contribution in [1.82, 2.24) is 0 Å². The summed E-state index contributed by atoms with van der Waals surface area (Å²) in [5, 5.41) is 0. The lowest BCUT2D eigenvalue weighted by molar-refractivity contribution is -1.02. The van der Waals surface area contributed by atoms with Gasteiger partial charge in [0.1, 0.15) is 32.7 Å². The van der Waals surface area contributed by atoms with Gasteiger partial charge in [0, 0.05) is 25.3 Å². The second-order valence-electron chi connectivity index (χ2n) is 7.25. The Balaban J connectivity index is 1.41. The molecule has 0 bridgehead atoms. The van der Waals surface area contributed by atoms with Gasteiger partial charge >= 0.3 is 0 Å². The molecule has 3 rings (SSSR count). The average molecular weight is 338 g/mol. The zero-order chi connectivity index (χ0) is 17.5. The van der Waals surface area contributed by atoms with Crippen molar-refractivity contribution in [1.29, 1.82) is 0 Å². The lowest BCUT2D eigenvalue weighted by Gasteiger charge is -2.29. The monoisotopic (exact) mass is 337 g/mol. The van der Waals surface area contributed by atoms with Gasteiger partial charge in [-0.05, 0) is 23.8 Å². The second kappa shape index (κ2) is 8.84. The van der Waals surface area contributed by atoms with Gasteiger partial charge in [0.2, 0.25) is 0 Å². The molecular weight excluding hydrogens is 306 g/mol. The molecule has 3 nitrogen and oxygen atoms in total. The molecule has 0 saturated carbocycles. The minimum Gasteiger partial charge on any atom is -0.378 e. The van der Waals surface area contributed by atoms with Crippen LogP contribution in [0.3, 0.4) is 0 Å². The van der Waals surface area contributed by atoms with Crippen LogP contribution in [0.25, 0.3) is 6.08 Å². The second-order valence-corrected chi connectivity index (χ2v) is 7.25. The first-order valence-corrected chi connectivity index (χ1v) is 9.36. The van der Waals surface area contributed by atoms with Crippen molar-refractivity contribution >= 4 is 11.8 Å². The lowest BCUT2D eigenvalue weighted by atomic mass is 10.2. The highest BCUT2D eigenvalue weighted by Crippen LogP contribution is 2.12. The van der Waals surface area contributed by atoms with Crippen LogP contribution in [0, 0.1) is 0 Å². The summed E-state index contributed by atoms with van der Waals surface area (Å²) in [6.07, 6.45) is 4.60. The number of hydrogen-bond acceptors (Lipinski definition) is 1. The highest BCUT2D eigenvalue weighted by molar-refractivity contribution is 5.55. The third-order valence-electron chi connectivity index (χ3n) is 5.09. The van der Waals surface area contributed by atoms with E-state index in [1.807, 2.05) is 0 Å². The SMILES string of the molecule is CN(C)c1ccc(/C=C/C[NH+]2CC[NH+](Cc3ccccc3)CC2)cc1. The summed E-state index contributed by atoms with van der Waals surface area (Å²) in [5.41, 5.74) is 4.00. The summed E-state index contributed by atoms with van der Waals surface area (Å²) in [6, 6.07) is 19.6.